The van der Waals surface area contributed by atoms with Crippen LogP contribution in [-0.2, 0) is 0 Å². The summed E-state index contributed by atoms with van der Waals surface area (Å²) >= 11 is 0. The van der Waals surface area contributed by atoms with Crippen LogP contribution in [0.15, 0.2) is 66.7 Å². The van der Waals surface area contributed by atoms with Crippen molar-refractivity contribution in [2.24, 2.45) is 10.8 Å². The third-order valence-electron chi connectivity index (χ3n) is 9.15. The van der Waals surface area contributed by atoms with E-state index in [4.69, 9.17) is 0 Å². The average molecular weight is 407 g/mol. The van der Waals surface area contributed by atoms with E-state index in [-0.39, 0.29) is 10.8 Å². The molecular formula is C31H34. The Morgan fingerprint density at radius 2 is 1.13 bits per heavy atom. The van der Waals surface area contributed by atoms with Gasteiger partial charge in [-0.1, -0.05) is 115 Å². The summed E-state index contributed by atoms with van der Waals surface area (Å²) in [6, 6.07) is 25.3. The highest BCUT2D eigenvalue weighted by atomic mass is 14.5. The molecule has 2 unspecified atom stereocenters. The molecule has 0 radical (unpaired) electrons. The maximum absolute atomic E-state index is 2.51. The summed E-state index contributed by atoms with van der Waals surface area (Å²) in [6.45, 7) is 14.6. The van der Waals surface area contributed by atoms with E-state index in [1.807, 2.05) is 0 Å². The fourth-order valence-electron chi connectivity index (χ4n) is 6.16. The lowest BCUT2D eigenvalue weighted by molar-refractivity contribution is 0.0525. The highest BCUT2D eigenvalue weighted by Gasteiger charge is 2.43. The van der Waals surface area contributed by atoms with Gasteiger partial charge >= 0.3 is 0 Å². The molecule has 0 saturated heterocycles. The molecule has 5 aromatic rings. The van der Waals surface area contributed by atoms with Crippen LogP contribution in [0, 0.1) is 10.8 Å². The number of fused-ring (bicyclic) bond motifs is 2. The second-order valence-corrected chi connectivity index (χ2v) is 10.4. The first-order valence-electron chi connectivity index (χ1n) is 11.9. The van der Waals surface area contributed by atoms with Crippen LogP contribution in [0.5, 0.6) is 0 Å². The molecule has 0 amide bonds. The van der Waals surface area contributed by atoms with Gasteiger partial charge in [0.05, 0.1) is 0 Å². The standard InChI is InChI=1S/C31H34/c1-7-30(4,5)31(6,8-2)20(3)22-18-19-27-25-15-10-13-21-12-9-14-24(28(21)25)26-17-11-16-23(22)29(26)27/h9-20H,7-8H2,1-6H3. The topological polar surface area (TPSA) is 0 Å². The van der Waals surface area contributed by atoms with Crippen molar-refractivity contribution in [1.29, 1.82) is 0 Å². The van der Waals surface area contributed by atoms with Crippen LogP contribution < -0.4 is 0 Å². The summed E-state index contributed by atoms with van der Waals surface area (Å²) in [6.07, 6.45) is 2.37. The van der Waals surface area contributed by atoms with Crippen molar-refractivity contribution >= 4 is 43.1 Å². The molecule has 0 aliphatic carbocycles. The Balaban J connectivity index is 1.88. The smallest absolute Gasteiger partial charge is 0.00235 e. The summed E-state index contributed by atoms with van der Waals surface area (Å²) < 4.78 is 0. The molecule has 158 valence electrons. The summed E-state index contributed by atoms with van der Waals surface area (Å²) in [7, 11) is 0. The Kier molecular flexibility index (Phi) is 4.56. The van der Waals surface area contributed by atoms with Crippen LogP contribution in [-0.4, -0.2) is 0 Å². The first-order chi connectivity index (χ1) is 14.8. The zero-order valence-corrected chi connectivity index (χ0v) is 19.8. The maximum atomic E-state index is 2.51. The number of benzene rings is 5. The minimum absolute atomic E-state index is 0.230. The van der Waals surface area contributed by atoms with Gasteiger partial charge in [0.1, 0.15) is 0 Å². The minimum atomic E-state index is 0.230. The first kappa shape index (κ1) is 20.3. The Bertz CT molecular complexity index is 1350. The SMILES string of the molecule is CCC(C)(C)C(C)(CC)C(C)c1ccc2c3cccc4cccc(c5cccc1c52)c43. The quantitative estimate of drug-likeness (QED) is 0.201. The average Bonchev–Trinajstić information content (AvgIpc) is 2.80. The Morgan fingerprint density at radius 3 is 1.71 bits per heavy atom. The molecule has 0 heteroatoms. The fourth-order valence-corrected chi connectivity index (χ4v) is 6.16. The van der Waals surface area contributed by atoms with Crippen LogP contribution in [0.4, 0.5) is 0 Å². The van der Waals surface area contributed by atoms with Crippen LogP contribution in [0.1, 0.15) is 65.9 Å². The molecule has 0 N–H and O–H groups in total. The van der Waals surface area contributed by atoms with E-state index in [1.54, 1.807) is 0 Å². The van der Waals surface area contributed by atoms with Crippen molar-refractivity contribution in [2.75, 3.05) is 0 Å². The lowest BCUT2D eigenvalue weighted by Crippen LogP contribution is -2.38. The second-order valence-electron chi connectivity index (χ2n) is 10.4. The van der Waals surface area contributed by atoms with Gasteiger partial charge in [0.25, 0.3) is 0 Å². The first-order valence-corrected chi connectivity index (χ1v) is 11.9. The Morgan fingerprint density at radius 1 is 0.613 bits per heavy atom. The maximum Gasteiger partial charge on any atom is -0.00235 e. The molecule has 0 aliphatic rings. The number of rotatable bonds is 5. The van der Waals surface area contributed by atoms with Gasteiger partial charge in [-0.15, -0.1) is 0 Å². The molecule has 0 saturated carbocycles. The highest BCUT2D eigenvalue weighted by molar-refractivity contribution is 6.33. The van der Waals surface area contributed by atoms with Crippen LogP contribution >= 0.6 is 0 Å². The molecule has 31 heavy (non-hydrogen) atoms. The van der Waals surface area contributed by atoms with Gasteiger partial charge in [-0.3, -0.25) is 0 Å². The molecule has 5 aromatic carbocycles. The summed E-state index contributed by atoms with van der Waals surface area (Å²) in [5.41, 5.74) is 2.01. The molecule has 0 aliphatic heterocycles. The summed E-state index contributed by atoms with van der Waals surface area (Å²) in [5.74, 6) is 0.477. The third-order valence-corrected chi connectivity index (χ3v) is 9.15. The largest absolute Gasteiger partial charge is 0.0649 e. The molecule has 0 spiro atoms. The van der Waals surface area contributed by atoms with Crippen LogP contribution in [0.3, 0.4) is 0 Å². The molecule has 5 rings (SSSR count). The number of hydrogen-bond acceptors (Lipinski definition) is 0. The van der Waals surface area contributed by atoms with Crippen LogP contribution in [0.25, 0.3) is 43.1 Å². The van der Waals surface area contributed by atoms with E-state index in [2.05, 4.69) is 108 Å². The van der Waals surface area contributed by atoms with E-state index in [9.17, 15) is 0 Å². The molecule has 0 fully saturated rings. The van der Waals surface area contributed by atoms with Gasteiger partial charge in [0.15, 0.2) is 0 Å². The van der Waals surface area contributed by atoms with Crippen molar-refractivity contribution in [3.63, 3.8) is 0 Å². The van der Waals surface area contributed by atoms with E-state index >= 15 is 0 Å². The van der Waals surface area contributed by atoms with Gasteiger partial charge in [-0.25, -0.2) is 0 Å². The monoisotopic (exact) mass is 406 g/mol. The zero-order chi connectivity index (χ0) is 22.0. The molecular weight excluding hydrogens is 372 g/mol. The molecule has 2 atom stereocenters. The van der Waals surface area contributed by atoms with Gasteiger partial charge in [0.2, 0.25) is 0 Å². The molecule has 0 bridgehead atoms. The van der Waals surface area contributed by atoms with E-state index < -0.39 is 0 Å². The minimum Gasteiger partial charge on any atom is -0.0649 e. The van der Waals surface area contributed by atoms with E-state index in [1.165, 1.54) is 61.5 Å². The van der Waals surface area contributed by atoms with Gasteiger partial charge < -0.3 is 0 Å². The van der Waals surface area contributed by atoms with Crippen molar-refractivity contribution in [1.82, 2.24) is 0 Å². The van der Waals surface area contributed by atoms with E-state index in [0.717, 1.165) is 0 Å². The van der Waals surface area contributed by atoms with Crippen molar-refractivity contribution in [3.05, 3.63) is 72.3 Å². The third kappa shape index (κ3) is 2.67. The molecule has 0 heterocycles. The zero-order valence-electron chi connectivity index (χ0n) is 19.8. The second kappa shape index (κ2) is 6.95. The summed E-state index contributed by atoms with van der Waals surface area (Å²) in [4.78, 5) is 0. The lowest BCUT2D eigenvalue weighted by atomic mass is 9.56. The molecule has 0 nitrogen and oxygen atoms in total. The predicted octanol–water partition coefficient (Wildman–Crippen LogP) is 9.69. The van der Waals surface area contributed by atoms with Gasteiger partial charge in [-0.05, 0) is 71.8 Å². The Hall–Kier alpha value is -2.60. The molecule has 0 aromatic heterocycles. The predicted molar refractivity (Wildman–Crippen MR) is 139 cm³/mol. The number of hydrogen-bond donors (Lipinski definition) is 0. The van der Waals surface area contributed by atoms with Gasteiger partial charge in [0, 0.05) is 0 Å². The normalized spacial score (nSPS) is 15.8. The summed E-state index contributed by atoms with van der Waals surface area (Å²) in [5, 5.41) is 11.1. The lowest BCUT2D eigenvalue weighted by Gasteiger charge is -2.48. The van der Waals surface area contributed by atoms with Crippen LogP contribution in [0.2, 0.25) is 0 Å². The Labute approximate surface area is 186 Å². The van der Waals surface area contributed by atoms with Gasteiger partial charge in [-0.2, -0.15) is 0 Å². The van der Waals surface area contributed by atoms with Crippen molar-refractivity contribution in [3.8, 4) is 0 Å². The van der Waals surface area contributed by atoms with E-state index in [0.29, 0.717) is 5.92 Å². The highest BCUT2D eigenvalue weighted by Crippen LogP contribution is 2.54. The van der Waals surface area contributed by atoms with Crippen molar-refractivity contribution in [2.45, 2.75) is 60.3 Å². The van der Waals surface area contributed by atoms with Crippen molar-refractivity contribution < 1.29 is 0 Å². The fraction of sp³-hybridized carbons (Fsp3) is 0.355.